The molecule has 2 fully saturated rings. The summed E-state index contributed by atoms with van der Waals surface area (Å²) in [4.78, 5) is 13.9. The number of nitrogens with zero attached hydrogens (tertiary/aromatic N) is 1. The summed E-state index contributed by atoms with van der Waals surface area (Å²) in [6, 6.07) is 7.80. The van der Waals surface area contributed by atoms with Crippen molar-refractivity contribution < 1.29 is 14.6 Å². The molecule has 0 aromatic heterocycles. The molecule has 0 bridgehead atoms. The number of rotatable bonds is 4. The lowest BCUT2D eigenvalue weighted by atomic mass is 10.2. The van der Waals surface area contributed by atoms with E-state index in [0.717, 1.165) is 17.9 Å². The number of carbonyl (C=O) groups excluding carboxylic acids is 1. The second-order valence-corrected chi connectivity index (χ2v) is 5.11. The Labute approximate surface area is 106 Å². The number of benzene rings is 1. The Morgan fingerprint density at radius 1 is 1.50 bits per heavy atom. The molecule has 1 heterocycles. The van der Waals surface area contributed by atoms with E-state index in [1.165, 1.54) is 0 Å². The minimum Gasteiger partial charge on any atom is -0.497 e. The Balaban J connectivity index is 1.66. The van der Waals surface area contributed by atoms with Crippen molar-refractivity contribution in [1.29, 1.82) is 0 Å². The average molecular weight is 247 g/mol. The first-order chi connectivity index (χ1) is 8.74. The van der Waals surface area contributed by atoms with E-state index >= 15 is 0 Å². The van der Waals surface area contributed by atoms with Gasteiger partial charge in [-0.25, -0.2) is 0 Å². The molecule has 4 nitrogen and oxygen atoms in total. The third kappa shape index (κ3) is 1.77. The predicted octanol–water partition coefficient (Wildman–Crippen LogP) is 0.892. The first-order valence-corrected chi connectivity index (χ1v) is 6.27. The minimum absolute atomic E-state index is 0.0839. The summed E-state index contributed by atoms with van der Waals surface area (Å²) in [5.74, 6) is 1.70. The smallest absolute Gasteiger partial charge is 0.226 e. The van der Waals surface area contributed by atoms with Crippen molar-refractivity contribution in [3.8, 4) is 5.75 Å². The van der Waals surface area contributed by atoms with Crippen LogP contribution in [0.25, 0.3) is 0 Å². The fourth-order valence-electron chi connectivity index (χ4n) is 3.00. The molecule has 1 aromatic carbocycles. The molecule has 1 aromatic rings. The standard InChI is InChI=1S/C14H17NO3/c1-18-10-4-2-3-9(5-10)6-15-7-11-12(8-16)13(11)14(15)17/h2-5,11-13,16H,6-8H2,1H3. The molecule has 3 atom stereocenters. The number of methoxy groups -OCH3 is 1. The zero-order chi connectivity index (χ0) is 12.7. The summed E-state index contributed by atoms with van der Waals surface area (Å²) < 4.78 is 5.17. The van der Waals surface area contributed by atoms with Gasteiger partial charge in [0.15, 0.2) is 0 Å². The first-order valence-electron chi connectivity index (χ1n) is 6.27. The molecule has 3 unspecified atom stereocenters. The number of aliphatic hydroxyl groups excluding tert-OH is 1. The third-order valence-corrected chi connectivity index (χ3v) is 4.08. The van der Waals surface area contributed by atoms with Gasteiger partial charge in [0.25, 0.3) is 0 Å². The zero-order valence-electron chi connectivity index (χ0n) is 10.4. The van der Waals surface area contributed by atoms with Crippen molar-refractivity contribution >= 4 is 5.91 Å². The molecule has 96 valence electrons. The highest BCUT2D eigenvalue weighted by atomic mass is 16.5. The fourth-order valence-corrected chi connectivity index (χ4v) is 3.00. The van der Waals surface area contributed by atoms with Crippen molar-refractivity contribution in [2.45, 2.75) is 6.54 Å². The number of hydrogen-bond acceptors (Lipinski definition) is 3. The van der Waals surface area contributed by atoms with Gasteiger partial charge in [0.05, 0.1) is 7.11 Å². The molecule has 1 aliphatic carbocycles. The van der Waals surface area contributed by atoms with Gasteiger partial charge in [-0.3, -0.25) is 4.79 Å². The van der Waals surface area contributed by atoms with E-state index in [-0.39, 0.29) is 24.3 Å². The second-order valence-electron chi connectivity index (χ2n) is 5.11. The Morgan fingerprint density at radius 2 is 2.33 bits per heavy atom. The van der Waals surface area contributed by atoms with E-state index in [1.54, 1.807) is 7.11 Å². The van der Waals surface area contributed by atoms with Crippen LogP contribution >= 0.6 is 0 Å². The van der Waals surface area contributed by atoms with Crippen molar-refractivity contribution in [3.05, 3.63) is 29.8 Å². The van der Waals surface area contributed by atoms with Crippen LogP contribution < -0.4 is 4.74 Å². The molecule has 0 spiro atoms. The summed E-state index contributed by atoms with van der Waals surface area (Å²) in [6.45, 7) is 1.57. The van der Waals surface area contributed by atoms with Crippen LogP contribution in [-0.4, -0.2) is 36.2 Å². The lowest BCUT2D eigenvalue weighted by Gasteiger charge is -2.20. The molecule has 1 N–H and O–H groups in total. The Bertz CT molecular complexity index is 474. The van der Waals surface area contributed by atoms with Crippen molar-refractivity contribution in [2.24, 2.45) is 17.8 Å². The molecule has 1 amide bonds. The number of amides is 1. The summed E-state index contributed by atoms with van der Waals surface area (Å²) in [5, 5.41) is 9.09. The van der Waals surface area contributed by atoms with Crippen LogP contribution in [-0.2, 0) is 11.3 Å². The molecule has 4 heteroatoms. The molecule has 0 radical (unpaired) electrons. The summed E-state index contributed by atoms with van der Waals surface area (Å²) in [7, 11) is 1.64. The van der Waals surface area contributed by atoms with E-state index in [2.05, 4.69) is 0 Å². The van der Waals surface area contributed by atoms with Crippen LogP contribution in [0.4, 0.5) is 0 Å². The van der Waals surface area contributed by atoms with Crippen LogP contribution in [0.2, 0.25) is 0 Å². The SMILES string of the molecule is COc1cccc(CN2CC3C(CO)C3C2=O)c1. The predicted molar refractivity (Wildman–Crippen MR) is 66.0 cm³/mol. The Morgan fingerprint density at radius 3 is 2.94 bits per heavy atom. The maximum Gasteiger partial charge on any atom is 0.226 e. The van der Waals surface area contributed by atoms with Gasteiger partial charge in [0, 0.05) is 25.6 Å². The maximum atomic E-state index is 12.1. The van der Waals surface area contributed by atoms with Gasteiger partial charge in [-0.05, 0) is 29.5 Å². The molecular weight excluding hydrogens is 230 g/mol. The normalized spacial score (nSPS) is 29.3. The average Bonchev–Trinajstić information content (AvgIpc) is 3.01. The van der Waals surface area contributed by atoms with Crippen LogP contribution in [0, 0.1) is 17.8 Å². The fraction of sp³-hybridized carbons (Fsp3) is 0.500. The number of ether oxygens (including phenoxy) is 1. The van der Waals surface area contributed by atoms with Gasteiger partial charge in [0.2, 0.25) is 5.91 Å². The van der Waals surface area contributed by atoms with Gasteiger partial charge in [0.1, 0.15) is 5.75 Å². The van der Waals surface area contributed by atoms with Gasteiger partial charge < -0.3 is 14.7 Å². The Hall–Kier alpha value is -1.55. The van der Waals surface area contributed by atoms with Crippen LogP contribution in [0.3, 0.4) is 0 Å². The van der Waals surface area contributed by atoms with E-state index in [9.17, 15) is 4.79 Å². The molecule has 1 saturated heterocycles. The van der Waals surface area contributed by atoms with Crippen molar-refractivity contribution in [2.75, 3.05) is 20.3 Å². The summed E-state index contributed by atoms with van der Waals surface area (Å²) >= 11 is 0. The van der Waals surface area contributed by atoms with Crippen LogP contribution in [0.15, 0.2) is 24.3 Å². The lowest BCUT2D eigenvalue weighted by molar-refractivity contribution is -0.131. The second kappa shape index (κ2) is 4.28. The monoisotopic (exact) mass is 247 g/mol. The molecule has 1 saturated carbocycles. The number of hydrogen-bond donors (Lipinski definition) is 1. The van der Waals surface area contributed by atoms with Gasteiger partial charge in [-0.1, -0.05) is 12.1 Å². The van der Waals surface area contributed by atoms with Crippen LogP contribution in [0.1, 0.15) is 5.56 Å². The highest BCUT2D eigenvalue weighted by molar-refractivity contribution is 5.85. The highest BCUT2D eigenvalue weighted by Gasteiger charge is 2.60. The van der Waals surface area contributed by atoms with E-state index < -0.39 is 0 Å². The highest BCUT2D eigenvalue weighted by Crippen LogP contribution is 2.52. The number of fused-ring (bicyclic) bond motifs is 1. The molecule has 3 rings (SSSR count). The molecule has 1 aliphatic heterocycles. The Kier molecular flexibility index (Phi) is 2.74. The quantitative estimate of drug-likeness (QED) is 0.859. The topological polar surface area (TPSA) is 49.8 Å². The molecule has 18 heavy (non-hydrogen) atoms. The minimum atomic E-state index is 0.0839. The zero-order valence-corrected chi connectivity index (χ0v) is 10.4. The third-order valence-electron chi connectivity index (χ3n) is 4.08. The summed E-state index contributed by atoms with van der Waals surface area (Å²) in [6.07, 6.45) is 0. The maximum absolute atomic E-state index is 12.1. The molecular formula is C14H17NO3. The van der Waals surface area contributed by atoms with E-state index in [0.29, 0.717) is 12.5 Å². The van der Waals surface area contributed by atoms with E-state index in [4.69, 9.17) is 9.84 Å². The largest absolute Gasteiger partial charge is 0.497 e. The lowest BCUT2D eigenvalue weighted by Crippen LogP contribution is -2.30. The number of piperidine rings is 1. The van der Waals surface area contributed by atoms with Gasteiger partial charge >= 0.3 is 0 Å². The van der Waals surface area contributed by atoms with Crippen LogP contribution in [0.5, 0.6) is 5.75 Å². The van der Waals surface area contributed by atoms with Gasteiger partial charge in [-0.15, -0.1) is 0 Å². The number of carbonyl (C=O) groups is 1. The molecule has 2 aliphatic rings. The summed E-state index contributed by atoms with van der Waals surface area (Å²) in [5.41, 5.74) is 1.09. The number of likely N-dealkylation sites (tertiary alicyclic amines) is 1. The van der Waals surface area contributed by atoms with Gasteiger partial charge in [-0.2, -0.15) is 0 Å². The van der Waals surface area contributed by atoms with E-state index in [1.807, 2.05) is 29.2 Å². The first kappa shape index (κ1) is 11.5. The van der Waals surface area contributed by atoms with Crippen molar-refractivity contribution in [3.63, 3.8) is 0 Å². The van der Waals surface area contributed by atoms with Crippen molar-refractivity contribution in [1.82, 2.24) is 4.90 Å². The number of aliphatic hydroxyl groups is 1.